The van der Waals surface area contributed by atoms with Crippen LogP contribution in [-0.2, 0) is 0 Å². The van der Waals surface area contributed by atoms with Gasteiger partial charge >= 0.3 is 0 Å². The van der Waals surface area contributed by atoms with Crippen LogP contribution in [0.4, 0.5) is 0 Å². The molecule has 0 aromatic rings. The van der Waals surface area contributed by atoms with E-state index < -0.39 is 0 Å². The quantitative estimate of drug-likeness (QED) is 0.233. The van der Waals surface area contributed by atoms with E-state index in [0.29, 0.717) is 0 Å². The summed E-state index contributed by atoms with van der Waals surface area (Å²) >= 11 is 0. The molecule has 18 fully saturated rings. The zero-order valence-corrected chi connectivity index (χ0v) is 59.1. The summed E-state index contributed by atoms with van der Waals surface area (Å²) in [5.74, 6) is 6.55. The first-order chi connectivity index (χ1) is 41.0. The van der Waals surface area contributed by atoms with Gasteiger partial charge in [0, 0.05) is 78.5 Å². The summed E-state index contributed by atoms with van der Waals surface area (Å²) in [5, 5.41) is 0. The van der Waals surface area contributed by atoms with Crippen molar-refractivity contribution in [2.75, 3.05) is 222 Å². The molecule has 0 amide bonds. The summed E-state index contributed by atoms with van der Waals surface area (Å²) in [6.07, 6.45) is 47.2. The molecule has 522 valence electrons. The van der Waals surface area contributed by atoms with E-state index in [0.717, 1.165) is 51.8 Å². The third-order valence-electron chi connectivity index (χ3n) is 23.8. The minimum atomic E-state index is 0. The SMILES string of the molecule is C.C.C.CN1CC2(CCC2)C1.CN1CC2(CCCCC2)C1.CN1CC2(CCCCC2)C1.CN1CC2CC(C2)C1.CN1CC2CC2C1.CN1CC2CCCC2C1.CN1CCC1.CN1CCCC1.CN1CCCCC1.CN1CCCCC1.CN1CCCCCC1. The lowest BCUT2D eigenvalue weighted by molar-refractivity contribution is -0.0436. The molecule has 11 heteroatoms. The topological polar surface area (TPSA) is 35.6 Å². The van der Waals surface area contributed by atoms with E-state index in [1.807, 2.05) is 0 Å². The summed E-state index contributed by atoms with van der Waals surface area (Å²) in [6.45, 7) is 29.7. The molecule has 88 heavy (non-hydrogen) atoms. The number of rotatable bonds is 0. The van der Waals surface area contributed by atoms with Crippen molar-refractivity contribution in [3.63, 3.8) is 0 Å². The molecule has 6 aliphatic carbocycles. The van der Waals surface area contributed by atoms with Crippen LogP contribution in [0.5, 0.6) is 0 Å². The van der Waals surface area contributed by atoms with Gasteiger partial charge in [-0.25, -0.2) is 0 Å². The highest BCUT2D eigenvalue weighted by Gasteiger charge is 2.46. The Morgan fingerprint density at radius 1 is 0.205 bits per heavy atom. The van der Waals surface area contributed by atoms with Crippen LogP contribution >= 0.6 is 0 Å². The van der Waals surface area contributed by atoms with E-state index in [9.17, 15) is 0 Å². The van der Waals surface area contributed by atoms with Crippen LogP contribution in [0.1, 0.15) is 228 Å². The largest absolute Gasteiger partial charge is 0.306 e. The lowest BCUT2D eigenvalue weighted by Crippen LogP contribution is -2.57. The number of fused-ring (bicyclic) bond motifs is 4. The van der Waals surface area contributed by atoms with Crippen molar-refractivity contribution in [2.24, 2.45) is 51.8 Å². The Balaban J connectivity index is 0.000000207. The molecule has 0 aromatic carbocycles. The van der Waals surface area contributed by atoms with Crippen molar-refractivity contribution in [1.82, 2.24) is 53.9 Å². The molecule has 2 bridgehead atoms. The van der Waals surface area contributed by atoms with Gasteiger partial charge < -0.3 is 53.9 Å². The summed E-state index contributed by atoms with van der Waals surface area (Å²) < 4.78 is 0. The van der Waals surface area contributed by atoms with Gasteiger partial charge in [-0.1, -0.05) is 99.3 Å². The Morgan fingerprint density at radius 2 is 0.443 bits per heavy atom. The van der Waals surface area contributed by atoms with Gasteiger partial charge in [0.25, 0.3) is 0 Å². The zero-order chi connectivity index (χ0) is 60.5. The van der Waals surface area contributed by atoms with E-state index in [1.165, 1.54) is 349 Å². The lowest BCUT2D eigenvalue weighted by atomic mass is 9.64. The Kier molecular flexibility index (Phi) is 38.3. The van der Waals surface area contributed by atoms with Crippen LogP contribution in [0.15, 0.2) is 0 Å². The molecule has 6 saturated carbocycles. The van der Waals surface area contributed by atoms with Gasteiger partial charge in [0.2, 0.25) is 0 Å². The molecule has 4 atom stereocenters. The highest BCUT2D eigenvalue weighted by Crippen LogP contribution is 2.48. The Morgan fingerprint density at radius 3 is 0.648 bits per heavy atom. The third-order valence-corrected chi connectivity index (χ3v) is 23.8. The number of hydrogen-bond donors (Lipinski definition) is 0. The first-order valence-corrected chi connectivity index (χ1v) is 37.5. The molecule has 0 radical (unpaired) electrons. The zero-order valence-electron chi connectivity index (χ0n) is 59.1. The maximum atomic E-state index is 2.48. The van der Waals surface area contributed by atoms with Crippen molar-refractivity contribution in [3.05, 3.63) is 0 Å². The fraction of sp³-hybridized carbons (Fsp3) is 1.00. The van der Waals surface area contributed by atoms with Crippen LogP contribution in [0, 0.1) is 51.8 Å². The van der Waals surface area contributed by atoms with Gasteiger partial charge in [-0.05, 0) is 323 Å². The molecule has 3 spiro atoms. The Hall–Kier alpha value is -0.440. The standard InChI is InChI=1S/2C9H17N.C8H15N.2C7H13N.C7H15N.C6H11N.2C6H13N.C5H11N.C4H9N.3CH4/c2*1-10-7-9(8-10)5-3-2-4-6-9;1-9-5-7-3-2-4-8(7)6-9;1-8-4-6-2-7(3-6)5-8;1-8-5-7(6-8)3-2-4-7;1-8-6-4-2-3-5-7-8;1-7-3-5-2-6(5)4-7;2*1-7-5-3-2-4-6-7;1-6-4-2-3-5-6;1-5-3-2-4-5;;;/h2*2-8H2,1H3;7-8H,2-6H2,1H3;6-7H,2-5H2,1H3;2-6H2,1H3;2-7H2,1H3;5-6H,2-4H2,1H3;2*2-6H2,1H3;2-5H2,1H3;2-4H2,1H3;3*1H4. The lowest BCUT2D eigenvalue weighted by Gasteiger charge is -2.54. The molecule has 18 aliphatic rings. The minimum Gasteiger partial charge on any atom is -0.306 e. The third kappa shape index (κ3) is 29.7. The molecule has 18 rings (SSSR count). The average molecular weight is 1240 g/mol. The highest BCUT2D eigenvalue weighted by molar-refractivity contribution is 4.99. The Labute approximate surface area is 552 Å². The van der Waals surface area contributed by atoms with Crippen LogP contribution in [0.2, 0.25) is 0 Å². The van der Waals surface area contributed by atoms with E-state index >= 15 is 0 Å². The molecule has 12 heterocycles. The predicted octanol–water partition coefficient (Wildman–Crippen LogP) is 14.4. The molecule has 12 saturated heterocycles. The van der Waals surface area contributed by atoms with Crippen LogP contribution in [0.25, 0.3) is 0 Å². The van der Waals surface area contributed by atoms with E-state index in [4.69, 9.17) is 0 Å². The van der Waals surface area contributed by atoms with Gasteiger partial charge in [-0.15, -0.1) is 0 Å². The second-order valence-electron chi connectivity index (χ2n) is 33.2. The molecule has 0 aromatic heterocycles. The van der Waals surface area contributed by atoms with Gasteiger partial charge in [0.05, 0.1) is 0 Å². The predicted molar refractivity (Wildman–Crippen MR) is 389 cm³/mol. The first kappa shape index (κ1) is 80.0. The normalized spacial score (nSPS) is 32.5. The maximum Gasteiger partial charge on any atom is 0.00474 e. The fourth-order valence-corrected chi connectivity index (χ4v) is 18.4. The van der Waals surface area contributed by atoms with Crippen LogP contribution in [0.3, 0.4) is 0 Å². The van der Waals surface area contributed by atoms with E-state index in [1.54, 1.807) is 0 Å². The highest BCUT2D eigenvalue weighted by atomic mass is 15.2. The molecule has 4 unspecified atom stereocenters. The number of nitrogens with zero attached hydrogens (tertiary/aromatic N) is 11. The van der Waals surface area contributed by atoms with Gasteiger partial charge in [-0.2, -0.15) is 0 Å². The fourth-order valence-electron chi connectivity index (χ4n) is 18.4. The average Bonchev–Trinajstić information content (AvgIpc) is 1.53. The number of likely N-dealkylation sites (tertiary alicyclic amines) is 10. The number of hydrogen-bond acceptors (Lipinski definition) is 11. The van der Waals surface area contributed by atoms with Crippen molar-refractivity contribution in [2.45, 2.75) is 228 Å². The second kappa shape index (κ2) is 42.2. The van der Waals surface area contributed by atoms with Crippen LogP contribution in [-0.4, -0.2) is 275 Å². The van der Waals surface area contributed by atoms with E-state index in [-0.39, 0.29) is 22.3 Å². The molecular formula is C77H159N11. The molecular weight excluding hydrogens is 1080 g/mol. The summed E-state index contributed by atoms with van der Waals surface area (Å²) in [6, 6.07) is 0. The number of piperidine rings is 5. The minimum absolute atomic E-state index is 0. The van der Waals surface area contributed by atoms with Crippen molar-refractivity contribution >= 4 is 0 Å². The van der Waals surface area contributed by atoms with Crippen molar-refractivity contribution < 1.29 is 0 Å². The van der Waals surface area contributed by atoms with Gasteiger partial charge in [-0.3, -0.25) is 0 Å². The van der Waals surface area contributed by atoms with Gasteiger partial charge in [0.1, 0.15) is 0 Å². The maximum absolute atomic E-state index is 2.48. The molecule has 12 aliphatic heterocycles. The summed E-state index contributed by atoms with van der Waals surface area (Å²) in [5.41, 5.74) is 2.44. The van der Waals surface area contributed by atoms with Crippen molar-refractivity contribution in [1.29, 1.82) is 0 Å². The molecule has 11 nitrogen and oxygen atoms in total. The van der Waals surface area contributed by atoms with Gasteiger partial charge in [0.15, 0.2) is 0 Å². The van der Waals surface area contributed by atoms with Crippen LogP contribution < -0.4 is 0 Å². The monoisotopic (exact) mass is 1240 g/mol. The first-order valence-electron chi connectivity index (χ1n) is 37.5. The summed E-state index contributed by atoms with van der Waals surface area (Å²) in [4.78, 5) is 26.6. The van der Waals surface area contributed by atoms with Crippen molar-refractivity contribution in [3.8, 4) is 0 Å². The molecule has 0 N–H and O–H groups in total. The summed E-state index contributed by atoms with van der Waals surface area (Å²) in [7, 11) is 24.3. The second-order valence-corrected chi connectivity index (χ2v) is 33.2. The van der Waals surface area contributed by atoms with E-state index in [2.05, 4.69) is 131 Å². The Bertz CT molecular complexity index is 1580. The smallest absolute Gasteiger partial charge is 0.00474 e.